The van der Waals surface area contributed by atoms with Gasteiger partial charge in [-0.05, 0) is 34.0 Å². The maximum absolute atomic E-state index is 9.07. The molecule has 0 amide bonds. The quantitative estimate of drug-likeness (QED) is 0.635. The van der Waals surface area contributed by atoms with Crippen molar-refractivity contribution in [2.45, 2.75) is 6.42 Å². The number of aliphatic hydroxyl groups excluding tert-OH is 2. The summed E-state index contributed by atoms with van der Waals surface area (Å²) in [4.78, 5) is 0. The Balaban J connectivity index is 3.06. The Morgan fingerprint density at radius 2 is 2.10 bits per heavy atom. The zero-order chi connectivity index (χ0) is 7.72. The van der Waals surface area contributed by atoms with Gasteiger partial charge >= 0.3 is 0 Å². The molecule has 0 radical (unpaired) electrons. The van der Waals surface area contributed by atoms with Crippen molar-refractivity contribution < 1.29 is 10.2 Å². The molecule has 1 rings (SSSR count). The molecule has 0 spiro atoms. The van der Waals surface area contributed by atoms with E-state index in [-0.39, 0.29) is 11.5 Å². The summed E-state index contributed by atoms with van der Waals surface area (Å²) in [5, 5.41) is 18.0. The minimum atomic E-state index is -0.128. The van der Waals surface area contributed by atoms with Crippen LogP contribution in [0.1, 0.15) is 6.42 Å². The second-order valence-corrected chi connectivity index (χ2v) is 2.85. The Kier molecular flexibility index (Phi) is 1.85. The summed E-state index contributed by atoms with van der Waals surface area (Å²) in [7, 11) is 0. The molecule has 2 N–H and O–H groups in total. The van der Waals surface area contributed by atoms with Crippen molar-refractivity contribution in [2.75, 3.05) is 0 Å². The average molecular weight is 203 g/mol. The molecule has 0 aliphatic heterocycles. The van der Waals surface area contributed by atoms with Crippen molar-refractivity contribution in [1.29, 1.82) is 0 Å². The first-order valence-electron chi connectivity index (χ1n) is 2.79. The van der Waals surface area contributed by atoms with Crippen LogP contribution in [-0.2, 0) is 0 Å². The molecule has 0 saturated heterocycles. The van der Waals surface area contributed by atoms with Gasteiger partial charge in [-0.15, -0.1) is 0 Å². The van der Waals surface area contributed by atoms with Gasteiger partial charge in [-0.3, -0.25) is 0 Å². The third-order valence-electron chi connectivity index (χ3n) is 1.30. The highest BCUT2D eigenvalue weighted by Crippen LogP contribution is 2.29. The van der Waals surface area contributed by atoms with Gasteiger partial charge in [0.15, 0.2) is 11.5 Å². The van der Waals surface area contributed by atoms with Crippen molar-refractivity contribution in [3.63, 3.8) is 0 Å². The standard InChI is InChI=1S/C7H7BrO2/c1-4-2-3-5(9)7(10)6(4)8/h3,9-10H,1-2H2. The topological polar surface area (TPSA) is 40.5 Å². The minimum absolute atomic E-state index is 0.0840. The first kappa shape index (κ1) is 7.41. The summed E-state index contributed by atoms with van der Waals surface area (Å²) in [6.45, 7) is 3.66. The predicted molar refractivity (Wildman–Crippen MR) is 43.1 cm³/mol. The van der Waals surface area contributed by atoms with Crippen LogP contribution < -0.4 is 0 Å². The van der Waals surface area contributed by atoms with E-state index in [0.29, 0.717) is 10.9 Å². The van der Waals surface area contributed by atoms with Crippen molar-refractivity contribution >= 4 is 15.9 Å². The third kappa shape index (κ3) is 1.09. The van der Waals surface area contributed by atoms with Crippen molar-refractivity contribution in [1.82, 2.24) is 0 Å². The van der Waals surface area contributed by atoms with Gasteiger partial charge in [-0.1, -0.05) is 6.58 Å². The van der Waals surface area contributed by atoms with E-state index in [4.69, 9.17) is 10.2 Å². The SMILES string of the molecule is C=C1CC=C(O)C(O)=C1Br. The number of rotatable bonds is 0. The molecular weight excluding hydrogens is 196 g/mol. The summed E-state index contributed by atoms with van der Waals surface area (Å²) in [5.41, 5.74) is 0.773. The van der Waals surface area contributed by atoms with Crippen LogP contribution in [0.3, 0.4) is 0 Å². The Bertz CT molecular complexity index is 234. The Morgan fingerprint density at radius 1 is 1.50 bits per heavy atom. The Hall–Kier alpha value is -0.700. The number of hydrogen-bond acceptors (Lipinski definition) is 2. The van der Waals surface area contributed by atoms with Crippen molar-refractivity contribution in [2.24, 2.45) is 0 Å². The van der Waals surface area contributed by atoms with Gasteiger partial charge in [0.25, 0.3) is 0 Å². The van der Waals surface area contributed by atoms with E-state index in [1.165, 1.54) is 6.08 Å². The Labute approximate surface area is 67.3 Å². The van der Waals surface area contributed by atoms with Crippen LogP contribution >= 0.6 is 15.9 Å². The molecule has 0 aromatic rings. The van der Waals surface area contributed by atoms with E-state index in [2.05, 4.69) is 22.5 Å². The first-order valence-corrected chi connectivity index (χ1v) is 3.58. The molecule has 10 heavy (non-hydrogen) atoms. The molecule has 0 aromatic carbocycles. The van der Waals surface area contributed by atoms with Gasteiger partial charge in [0.1, 0.15) is 0 Å². The van der Waals surface area contributed by atoms with Gasteiger partial charge in [0.05, 0.1) is 4.48 Å². The summed E-state index contributed by atoms with van der Waals surface area (Å²) in [5.74, 6) is -0.212. The maximum atomic E-state index is 9.07. The molecule has 1 aliphatic carbocycles. The smallest absolute Gasteiger partial charge is 0.171 e. The normalized spacial score (nSPS) is 19.3. The summed E-state index contributed by atoms with van der Waals surface area (Å²) < 4.78 is 0.493. The fourth-order valence-electron chi connectivity index (χ4n) is 0.686. The van der Waals surface area contributed by atoms with Crippen LogP contribution in [0.25, 0.3) is 0 Å². The molecule has 0 aromatic heterocycles. The van der Waals surface area contributed by atoms with E-state index in [0.717, 1.165) is 5.57 Å². The average Bonchev–Trinajstić information content (AvgIpc) is 1.93. The second-order valence-electron chi connectivity index (χ2n) is 2.06. The second kappa shape index (κ2) is 2.50. The van der Waals surface area contributed by atoms with E-state index in [1.807, 2.05) is 0 Å². The fraction of sp³-hybridized carbons (Fsp3) is 0.143. The summed E-state index contributed by atoms with van der Waals surface area (Å²) in [6.07, 6.45) is 2.10. The molecular formula is C7H7BrO2. The van der Waals surface area contributed by atoms with Gasteiger partial charge in [0, 0.05) is 0 Å². The largest absolute Gasteiger partial charge is 0.504 e. The maximum Gasteiger partial charge on any atom is 0.171 e. The van der Waals surface area contributed by atoms with E-state index < -0.39 is 0 Å². The molecule has 0 atom stereocenters. The molecule has 0 bridgehead atoms. The van der Waals surface area contributed by atoms with Gasteiger partial charge in [0.2, 0.25) is 0 Å². The molecule has 0 fully saturated rings. The van der Waals surface area contributed by atoms with Gasteiger partial charge in [-0.2, -0.15) is 0 Å². The lowest BCUT2D eigenvalue weighted by molar-refractivity contribution is 0.322. The van der Waals surface area contributed by atoms with Crippen LogP contribution in [0, 0.1) is 0 Å². The molecule has 0 heterocycles. The highest BCUT2D eigenvalue weighted by Gasteiger charge is 2.14. The van der Waals surface area contributed by atoms with Crippen molar-refractivity contribution in [3.05, 3.63) is 34.2 Å². The molecule has 2 nitrogen and oxygen atoms in total. The highest BCUT2D eigenvalue weighted by molar-refractivity contribution is 9.12. The number of hydrogen-bond donors (Lipinski definition) is 2. The minimum Gasteiger partial charge on any atom is -0.504 e. The summed E-state index contributed by atoms with van der Waals surface area (Å²) >= 11 is 3.09. The van der Waals surface area contributed by atoms with E-state index in [1.54, 1.807) is 0 Å². The van der Waals surface area contributed by atoms with Gasteiger partial charge in [-0.25, -0.2) is 0 Å². The summed E-state index contributed by atoms with van der Waals surface area (Å²) in [6, 6.07) is 0. The lowest BCUT2D eigenvalue weighted by Gasteiger charge is -2.10. The molecule has 0 saturated carbocycles. The zero-order valence-corrected chi connectivity index (χ0v) is 6.85. The number of halogens is 1. The number of allylic oxidation sites excluding steroid dienone is 3. The Morgan fingerprint density at radius 3 is 2.60 bits per heavy atom. The third-order valence-corrected chi connectivity index (χ3v) is 2.24. The van der Waals surface area contributed by atoms with E-state index in [9.17, 15) is 0 Å². The van der Waals surface area contributed by atoms with Crippen LogP contribution in [0.4, 0.5) is 0 Å². The molecule has 3 heteroatoms. The lowest BCUT2D eigenvalue weighted by Crippen LogP contribution is -1.98. The molecule has 1 aliphatic rings. The van der Waals surface area contributed by atoms with Crippen LogP contribution in [-0.4, -0.2) is 10.2 Å². The number of aliphatic hydroxyl groups is 2. The lowest BCUT2D eigenvalue weighted by atomic mass is 10.1. The molecule has 54 valence electrons. The molecule has 0 unspecified atom stereocenters. The highest BCUT2D eigenvalue weighted by atomic mass is 79.9. The zero-order valence-electron chi connectivity index (χ0n) is 5.26. The first-order chi connectivity index (χ1) is 4.63. The van der Waals surface area contributed by atoms with Crippen LogP contribution in [0.5, 0.6) is 0 Å². The predicted octanol–water partition coefficient (Wildman–Crippen LogP) is 2.55. The fourth-order valence-corrected chi connectivity index (χ4v) is 1.05. The van der Waals surface area contributed by atoms with Crippen molar-refractivity contribution in [3.8, 4) is 0 Å². The van der Waals surface area contributed by atoms with Gasteiger partial charge < -0.3 is 10.2 Å². The monoisotopic (exact) mass is 202 g/mol. The van der Waals surface area contributed by atoms with Crippen LogP contribution in [0.15, 0.2) is 34.2 Å². The van der Waals surface area contributed by atoms with E-state index >= 15 is 0 Å². The van der Waals surface area contributed by atoms with Crippen LogP contribution in [0.2, 0.25) is 0 Å².